The van der Waals surface area contributed by atoms with Crippen molar-refractivity contribution in [3.63, 3.8) is 0 Å². The number of rotatable bonds is 3. The number of carbonyl (C=O) groups is 1. The van der Waals surface area contributed by atoms with Gasteiger partial charge in [0.25, 0.3) is 0 Å². The average molecular weight is 299 g/mol. The Balaban J connectivity index is 1.60. The second-order valence-electron chi connectivity index (χ2n) is 6.75. The van der Waals surface area contributed by atoms with Gasteiger partial charge < -0.3 is 9.88 Å². The topological polar surface area (TPSA) is 46.9 Å². The fourth-order valence-electron chi connectivity index (χ4n) is 3.46. The smallest absolute Gasteiger partial charge is 0.226 e. The van der Waals surface area contributed by atoms with E-state index in [4.69, 9.17) is 0 Å². The molecule has 1 saturated carbocycles. The molecule has 3 rings (SSSR count). The predicted octanol–water partition coefficient (Wildman–Crippen LogP) is 3.09. The molecule has 0 radical (unpaired) electrons. The lowest BCUT2D eigenvalue weighted by Crippen LogP contribution is -2.38. The van der Waals surface area contributed by atoms with Gasteiger partial charge in [-0.2, -0.15) is 0 Å². The number of aromatic nitrogens is 2. The monoisotopic (exact) mass is 299 g/mol. The van der Waals surface area contributed by atoms with Crippen LogP contribution in [-0.4, -0.2) is 21.5 Å². The Morgan fingerprint density at radius 1 is 1.45 bits per heavy atom. The normalized spacial score (nSPS) is 24.4. The van der Waals surface area contributed by atoms with Crippen molar-refractivity contribution in [1.29, 1.82) is 0 Å². The molecule has 2 aliphatic rings. The van der Waals surface area contributed by atoms with Crippen molar-refractivity contribution in [2.75, 3.05) is 0 Å². The molecule has 2 heterocycles. The van der Waals surface area contributed by atoms with Crippen molar-refractivity contribution in [1.82, 2.24) is 14.9 Å². The summed E-state index contributed by atoms with van der Waals surface area (Å²) in [5.41, 5.74) is 2.05. The Bertz CT molecular complexity index is 612. The number of nitrogens with zero attached hydrogens (tertiary/aromatic N) is 2. The summed E-state index contributed by atoms with van der Waals surface area (Å²) in [7, 11) is 0. The van der Waals surface area contributed by atoms with Gasteiger partial charge in [0.15, 0.2) is 0 Å². The zero-order valence-electron chi connectivity index (χ0n) is 13.5. The summed E-state index contributed by atoms with van der Waals surface area (Å²) in [4.78, 5) is 16.8. The number of hydrogen-bond acceptors (Lipinski definition) is 2. The predicted molar refractivity (Wildman–Crippen MR) is 88.3 cm³/mol. The Labute approximate surface area is 132 Å². The molecule has 2 atom stereocenters. The Hall–Kier alpha value is -1.84. The highest BCUT2D eigenvalue weighted by Gasteiger charge is 2.21. The summed E-state index contributed by atoms with van der Waals surface area (Å²) < 4.78 is 2.04. The van der Waals surface area contributed by atoms with E-state index in [0.717, 1.165) is 36.7 Å². The zero-order valence-corrected chi connectivity index (χ0v) is 13.5. The highest BCUT2D eigenvalue weighted by atomic mass is 16.1. The molecule has 1 aromatic heterocycles. The molecule has 4 heteroatoms. The Morgan fingerprint density at radius 2 is 2.32 bits per heavy atom. The van der Waals surface area contributed by atoms with Crippen LogP contribution < -0.4 is 5.32 Å². The fraction of sp³-hybridized carbons (Fsp3) is 0.556. The quantitative estimate of drug-likeness (QED) is 0.932. The second-order valence-corrected chi connectivity index (χ2v) is 6.75. The first-order chi connectivity index (χ1) is 10.6. The molecule has 0 saturated heterocycles. The zero-order chi connectivity index (χ0) is 15.5. The summed E-state index contributed by atoms with van der Waals surface area (Å²) in [5, 5.41) is 3.18. The van der Waals surface area contributed by atoms with E-state index in [2.05, 4.69) is 42.5 Å². The van der Waals surface area contributed by atoms with Crippen LogP contribution in [0.4, 0.5) is 0 Å². The lowest BCUT2D eigenvalue weighted by Gasteiger charge is -2.27. The number of carbonyl (C=O) groups excluding carboxylic acids is 1. The summed E-state index contributed by atoms with van der Waals surface area (Å²) in [6.45, 7) is 4.34. The van der Waals surface area contributed by atoms with Gasteiger partial charge in [0, 0.05) is 24.9 Å². The van der Waals surface area contributed by atoms with Crippen LogP contribution in [0.15, 0.2) is 23.9 Å². The van der Waals surface area contributed by atoms with E-state index in [1.54, 1.807) is 0 Å². The van der Waals surface area contributed by atoms with E-state index >= 15 is 0 Å². The Kier molecular flexibility index (Phi) is 4.46. The first-order valence-corrected chi connectivity index (χ1v) is 8.31. The molecular weight excluding hydrogens is 274 g/mol. The second kappa shape index (κ2) is 6.51. The molecule has 1 N–H and O–H groups in total. The molecule has 1 aliphatic heterocycles. The van der Waals surface area contributed by atoms with Crippen LogP contribution in [0, 0.1) is 5.92 Å². The third-order valence-corrected chi connectivity index (χ3v) is 4.53. The summed E-state index contributed by atoms with van der Waals surface area (Å²) in [5.74, 6) is 1.83. The third kappa shape index (κ3) is 3.67. The largest absolute Gasteiger partial charge is 0.353 e. The molecule has 22 heavy (non-hydrogen) atoms. The molecule has 4 nitrogen and oxygen atoms in total. The number of imidazole rings is 1. The minimum Gasteiger partial charge on any atom is -0.353 e. The number of amides is 1. The van der Waals surface area contributed by atoms with Crippen LogP contribution in [0.25, 0.3) is 6.20 Å². The summed E-state index contributed by atoms with van der Waals surface area (Å²) in [6, 6.07) is 0.349. The fourth-order valence-corrected chi connectivity index (χ4v) is 3.46. The molecule has 1 amide bonds. The lowest BCUT2D eigenvalue weighted by atomic mass is 9.87. The minimum absolute atomic E-state index is 0.101. The van der Waals surface area contributed by atoms with Gasteiger partial charge in [0.2, 0.25) is 5.91 Å². The van der Waals surface area contributed by atoms with Crippen LogP contribution in [0.5, 0.6) is 0 Å². The van der Waals surface area contributed by atoms with Crippen LogP contribution in [0.3, 0.4) is 0 Å². The SMILES string of the molecule is CC1=Cn2cc(CC(=O)NC3CCCC(C)C3)nc2CC=C1. The maximum absolute atomic E-state index is 12.2. The van der Waals surface area contributed by atoms with Crippen molar-refractivity contribution in [2.24, 2.45) is 5.92 Å². The molecule has 2 unspecified atom stereocenters. The van der Waals surface area contributed by atoms with Gasteiger partial charge >= 0.3 is 0 Å². The van der Waals surface area contributed by atoms with Crippen molar-refractivity contribution >= 4 is 12.1 Å². The molecule has 1 aliphatic carbocycles. The molecule has 118 valence electrons. The van der Waals surface area contributed by atoms with Crippen LogP contribution in [-0.2, 0) is 17.6 Å². The third-order valence-electron chi connectivity index (χ3n) is 4.53. The van der Waals surface area contributed by atoms with Crippen molar-refractivity contribution < 1.29 is 4.79 Å². The van der Waals surface area contributed by atoms with Crippen molar-refractivity contribution in [3.8, 4) is 0 Å². The maximum atomic E-state index is 12.2. The van der Waals surface area contributed by atoms with Crippen molar-refractivity contribution in [3.05, 3.63) is 35.4 Å². The van der Waals surface area contributed by atoms with Gasteiger partial charge in [-0.25, -0.2) is 4.98 Å². The standard InChI is InChI=1S/C18H25N3O/c1-13-5-3-7-15(9-13)20-18(22)10-16-12-21-11-14(2)6-4-8-17(21)19-16/h4,6,11-13,15H,3,5,7-10H2,1-2H3,(H,20,22). The van der Waals surface area contributed by atoms with Gasteiger partial charge in [-0.1, -0.05) is 31.9 Å². The highest BCUT2D eigenvalue weighted by molar-refractivity contribution is 5.78. The molecular formula is C18H25N3O. The number of allylic oxidation sites excluding steroid dienone is 3. The van der Waals surface area contributed by atoms with Crippen LogP contribution in [0.2, 0.25) is 0 Å². The van der Waals surface area contributed by atoms with Crippen LogP contribution in [0.1, 0.15) is 51.0 Å². The average Bonchev–Trinajstić information content (AvgIpc) is 2.71. The van der Waals surface area contributed by atoms with E-state index in [1.807, 2.05) is 10.8 Å². The van der Waals surface area contributed by atoms with E-state index < -0.39 is 0 Å². The lowest BCUT2D eigenvalue weighted by molar-refractivity contribution is -0.121. The van der Waals surface area contributed by atoms with Gasteiger partial charge in [0.1, 0.15) is 5.82 Å². The summed E-state index contributed by atoms with van der Waals surface area (Å²) in [6.07, 6.45) is 14.2. The van der Waals surface area contributed by atoms with E-state index in [-0.39, 0.29) is 5.91 Å². The molecule has 0 spiro atoms. The molecule has 1 fully saturated rings. The number of fused-ring (bicyclic) bond motifs is 1. The molecule has 1 aromatic rings. The highest BCUT2D eigenvalue weighted by Crippen LogP contribution is 2.23. The minimum atomic E-state index is 0.101. The first-order valence-electron chi connectivity index (χ1n) is 8.31. The van der Waals surface area contributed by atoms with Crippen LogP contribution >= 0.6 is 0 Å². The first kappa shape index (κ1) is 15.1. The van der Waals surface area contributed by atoms with E-state index in [0.29, 0.717) is 12.5 Å². The van der Waals surface area contributed by atoms with Gasteiger partial charge in [-0.05, 0) is 31.3 Å². The molecule has 0 bridgehead atoms. The molecule has 0 aromatic carbocycles. The Morgan fingerprint density at radius 3 is 3.14 bits per heavy atom. The summed E-state index contributed by atoms with van der Waals surface area (Å²) >= 11 is 0. The van der Waals surface area contributed by atoms with E-state index in [9.17, 15) is 4.79 Å². The van der Waals surface area contributed by atoms with Crippen molar-refractivity contribution in [2.45, 2.75) is 58.4 Å². The number of nitrogens with one attached hydrogen (secondary N) is 1. The number of hydrogen-bond donors (Lipinski definition) is 1. The van der Waals surface area contributed by atoms with Gasteiger partial charge in [0.05, 0.1) is 12.1 Å². The van der Waals surface area contributed by atoms with E-state index in [1.165, 1.54) is 18.4 Å². The maximum Gasteiger partial charge on any atom is 0.226 e. The van der Waals surface area contributed by atoms with Gasteiger partial charge in [-0.15, -0.1) is 0 Å². The van der Waals surface area contributed by atoms with Gasteiger partial charge in [-0.3, -0.25) is 4.79 Å².